The minimum atomic E-state index is -1.82. The molecular weight excluding hydrogens is 457 g/mol. The maximum atomic E-state index is 12.3. The summed E-state index contributed by atoms with van der Waals surface area (Å²) in [7, 11) is 1.94. The first-order valence-electron chi connectivity index (χ1n) is 9.36. The van der Waals surface area contributed by atoms with Crippen LogP contribution in [0.5, 0.6) is 0 Å². The van der Waals surface area contributed by atoms with Gasteiger partial charge in [0.05, 0.1) is 34.4 Å². The van der Waals surface area contributed by atoms with Crippen LogP contribution in [0.4, 0.5) is 0 Å². The molecule has 1 heterocycles. The second kappa shape index (κ2) is 12.0. The molecule has 0 aliphatic heterocycles. The normalized spacial score (nSPS) is 10.4. The molecule has 0 unspecified atom stereocenters. The van der Waals surface area contributed by atoms with E-state index >= 15 is 0 Å². The third-order valence-electron chi connectivity index (χ3n) is 4.11. The Bertz CT molecular complexity index is 1070. The van der Waals surface area contributed by atoms with Crippen LogP contribution in [0.1, 0.15) is 11.3 Å². The van der Waals surface area contributed by atoms with Gasteiger partial charge in [-0.3, -0.25) is 9.69 Å². The zero-order chi connectivity index (χ0) is 23.7. The Labute approximate surface area is 194 Å². The van der Waals surface area contributed by atoms with E-state index in [1.807, 2.05) is 48.5 Å². The monoisotopic (exact) mass is 477 g/mol. The number of rotatable bonds is 7. The molecule has 32 heavy (non-hydrogen) atoms. The highest BCUT2D eigenvalue weighted by Gasteiger charge is 2.11. The minimum Gasteiger partial charge on any atom is -0.473 e. The molecule has 0 bridgehead atoms. The molecular formula is C22H21Cl2N3O5. The Morgan fingerprint density at radius 1 is 0.969 bits per heavy atom. The van der Waals surface area contributed by atoms with E-state index in [9.17, 15) is 4.79 Å². The predicted molar refractivity (Wildman–Crippen MR) is 120 cm³/mol. The number of carboxylic acids is 2. The van der Waals surface area contributed by atoms with Crippen molar-refractivity contribution in [2.45, 2.75) is 13.0 Å². The smallest absolute Gasteiger partial charge is 0.414 e. The van der Waals surface area contributed by atoms with Crippen LogP contribution in [-0.4, -0.2) is 56.2 Å². The number of hydrogen-bond donors (Lipinski definition) is 2. The van der Waals surface area contributed by atoms with E-state index in [-0.39, 0.29) is 5.78 Å². The SMILES string of the molecule is CN(CC(=O)Cc1ccn(-c2ccc(Cl)c(Cl)c2)n1)Cc1ccccc1.O=C(O)C(=O)O. The van der Waals surface area contributed by atoms with Gasteiger partial charge in [0.2, 0.25) is 0 Å². The number of likely N-dealkylation sites (N-methyl/N-ethyl adjacent to an activating group) is 1. The van der Waals surface area contributed by atoms with Crippen LogP contribution in [-0.2, 0) is 27.3 Å². The van der Waals surface area contributed by atoms with E-state index in [1.54, 1.807) is 16.8 Å². The summed E-state index contributed by atoms with van der Waals surface area (Å²) in [5, 5.41) is 20.2. The van der Waals surface area contributed by atoms with E-state index in [0.29, 0.717) is 23.0 Å². The number of carboxylic acid groups (broad SMARTS) is 2. The first-order valence-corrected chi connectivity index (χ1v) is 10.1. The molecule has 3 aromatic rings. The van der Waals surface area contributed by atoms with Crippen molar-refractivity contribution in [1.29, 1.82) is 0 Å². The fraction of sp³-hybridized carbons (Fsp3) is 0.182. The summed E-state index contributed by atoms with van der Waals surface area (Å²) >= 11 is 12.0. The number of hydrogen-bond acceptors (Lipinski definition) is 5. The summed E-state index contributed by atoms with van der Waals surface area (Å²) in [6, 6.07) is 17.2. The molecule has 0 fully saturated rings. The summed E-state index contributed by atoms with van der Waals surface area (Å²) in [6.45, 7) is 1.12. The average Bonchev–Trinajstić information content (AvgIpc) is 3.19. The number of Topliss-reactive ketones (excluding diaryl/α,β-unsaturated/α-hetero) is 1. The number of carbonyl (C=O) groups excluding carboxylic acids is 1. The Morgan fingerprint density at radius 2 is 1.62 bits per heavy atom. The molecule has 0 aliphatic carbocycles. The van der Waals surface area contributed by atoms with Gasteiger partial charge in [-0.25, -0.2) is 14.3 Å². The van der Waals surface area contributed by atoms with Gasteiger partial charge in [0.25, 0.3) is 0 Å². The molecule has 0 saturated carbocycles. The molecule has 168 valence electrons. The van der Waals surface area contributed by atoms with Crippen LogP contribution in [0.2, 0.25) is 10.0 Å². The van der Waals surface area contributed by atoms with Gasteiger partial charge in [-0.05, 0) is 36.9 Å². The quantitative estimate of drug-likeness (QED) is 0.499. The third-order valence-corrected chi connectivity index (χ3v) is 4.85. The average molecular weight is 478 g/mol. The van der Waals surface area contributed by atoms with Gasteiger partial charge in [0.15, 0.2) is 5.78 Å². The molecule has 0 saturated heterocycles. The lowest BCUT2D eigenvalue weighted by Crippen LogP contribution is -2.26. The largest absolute Gasteiger partial charge is 0.473 e. The zero-order valence-electron chi connectivity index (χ0n) is 17.1. The number of ketones is 1. The number of aliphatic carboxylic acids is 2. The minimum absolute atomic E-state index is 0.128. The molecule has 0 amide bonds. The molecule has 10 heteroatoms. The Balaban J connectivity index is 0.000000534. The molecule has 0 atom stereocenters. The highest BCUT2D eigenvalue weighted by atomic mass is 35.5. The maximum absolute atomic E-state index is 12.3. The number of aromatic nitrogens is 2. The van der Waals surface area contributed by atoms with Crippen molar-refractivity contribution in [1.82, 2.24) is 14.7 Å². The van der Waals surface area contributed by atoms with Crippen LogP contribution < -0.4 is 0 Å². The van der Waals surface area contributed by atoms with E-state index in [4.69, 9.17) is 43.0 Å². The number of benzene rings is 2. The summed E-state index contributed by atoms with van der Waals surface area (Å²) in [4.78, 5) is 32.5. The van der Waals surface area contributed by atoms with Crippen LogP contribution in [0, 0.1) is 0 Å². The van der Waals surface area contributed by atoms with Gasteiger partial charge in [-0.1, -0.05) is 53.5 Å². The van der Waals surface area contributed by atoms with Crippen LogP contribution in [0.3, 0.4) is 0 Å². The highest BCUT2D eigenvalue weighted by molar-refractivity contribution is 6.42. The lowest BCUT2D eigenvalue weighted by molar-refractivity contribution is -0.159. The van der Waals surface area contributed by atoms with Crippen LogP contribution in [0.25, 0.3) is 5.69 Å². The van der Waals surface area contributed by atoms with Crippen molar-refractivity contribution in [2.75, 3.05) is 13.6 Å². The number of nitrogens with zero attached hydrogens (tertiary/aromatic N) is 3. The first-order chi connectivity index (χ1) is 15.2. The van der Waals surface area contributed by atoms with Crippen LogP contribution in [0.15, 0.2) is 60.8 Å². The van der Waals surface area contributed by atoms with Crippen molar-refractivity contribution < 1.29 is 24.6 Å². The standard InChI is InChI=1S/C20H19Cl2N3O.C2H2O4/c1-24(13-15-5-3-2-4-6-15)14-18(26)11-16-9-10-25(23-16)17-7-8-19(21)20(22)12-17;3-1(4)2(5)6/h2-10,12H,11,13-14H2,1H3;(H,3,4)(H,5,6). The van der Waals surface area contributed by atoms with Gasteiger partial charge in [-0.2, -0.15) is 5.10 Å². The fourth-order valence-corrected chi connectivity index (χ4v) is 3.03. The molecule has 0 radical (unpaired) electrons. The Morgan fingerprint density at radius 3 is 2.22 bits per heavy atom. The second-order valence-electron chi connectivity index (χ2n) is 6.83. The van der Waals surface area contributed by atoms with Crippen molar-refractivity contribution in [2.24, 2.45) is 0 Å². The molecule has 2 N–H and O–H groups in total. The number of halogens is 2. The van der Waals surface area contributed by atoms with Crippen LogP contribution >= 0.6 is 23.2 Å². The van der Waals surface area contributed by atoms with E-state index in [2.05, 4.69) is 17.2 Å². The molecule has 0 spiro atoms. The van der Waals surface area contributed by atoms with Gasteiger partial charge < -0.3 is 10.2 Å². The van der Waals surface area contributed by atoms with Gasteiger partial charge in [-0.15, -0.1) is 0 Å². The molecule has 3 rings (SSSR count). The highest BCUT2D eigenvalue weighted by Crippen LogP contribution is 2.24. The van der Waals surface area contributed by atoms with E-state index in [0.717, 1.165) is 17.9 Å². The lowest BCUT2D eigenvalue weighted by atomic mass is 10.2. The molecule has 2 aromatic carbocycles. The van der Waals surface area contributed by atoms with Crippen molar-refractivity contribution in [3.63, 3.8) is 0 Å². The maximum Gasteiger partial charge on any atom is 0.414 e. The molecule has 0 aliphatic rings. The lowest BCUT2D eigenvalue weighted by Gasteiger charge is -2.15. The molecule has 8 nitrogen and oxygen atoms in total. The Kier molecular flexibility index (Phi) is 9.39. The van der Waals surface area contributed by atoms with Gasteiger partial charge in [0.1, 0.15) is 0 Å². The first kappa shape index (κ1) is 25.1. The topological polar surface area (TPSA) is 113 Å². The molecule has 1 aromatic heterocycles. The summed E-state index contributed by atoms with van der Waals surface area (Å²) in [5.41, 5.74) is 2.72. The third kappa shape index (κ3) is 8.14. The second-order valence-corrected chi connectivity index (χ2v) is 7.65. The van der Waals surface area contributed by atoms with E-state index in [1.165, 1.54) is 5.56 Å². The fourth-order valence-electron chi connectivity index (χ4n) is 2.74. The van der Waals surface area contributed by atoms with Crippen molar-refractivity contribution in [3.8, 4) is 5.69 Å². The summed E-state index contributed by atoms with van der Waals surface area (Å²) in [5.74, 6) is -3.52. The zero-order valence-corrected chi connectivity index (χ0v) is 18.6. The van der Waals surface area contributed by atoms with E-state index < -0.39 is 11.9 Å². The van der Waals surface area contributed by atoms with Gasteiger partial charge in [0, 0.05) is 12.7 Å². The predicted octanol–water partition coefficient (Wildman–Crippen LogP) is 3.58. The number of carbonyl (C=O) groups is 3. The summed E-state index contributed by atoms with van der Waals surface area (Å²) < 4.78 is 1.69. The Hall–Kier alpha value is -3.20. The summed E-state index contributed by atoms with van der Waals surface area (Å²) in [6.07, 6.45) is 2.11. The van der Waals surface area contributed by atoms with Crippen molar-refractivity contribution >= 4 is 40.9 Å². The van der Waals surface area contributed by atoms with Gasteiger partial charge >= 0.3 is 11.9 Å². The van der Waals surface area contributed by atoms with Crippen molar-refractivity contribution in [3.05, 3.63) is 82.1 Å².